The second kappa shape index (κ2) is 5.60. The van der Waals surface area contributed by atoms with Crippen LogP contribution in [0.15, 0.2) is 47.6 Å². The van der Waals surface area contributed by atoms with Crippen molar-refractivity contribution in [2.45, 2.75) is 25.5 Å². The van der Waals surface area contributed by atoms with Crippen molar-refractivity contribution >= 4 is 23.2 Å². The van der Waals surface area contributed by atoms with Gasteiger partial charge in [0.2, 0.25) is 0 Å². The summed E-state index contributed by atoms with van der Waals surface area (Å²) in [5, 5.41) is 6.53. The molecule has 2 aliphatic heterocycles. The van der Waals surface area contributed by atoms with Crippen molar-refractivity contribution in [3.63, 3.8) is 0 Å². The Bertz CT molecular complexity index is 851. The highest BCUT2D eigenvalue weighted by Gasteiger charge is 2.40. The van der Waals surface area contributed by atoms with Gasteiger partial charge in [0.05, 0.1) is 11.8 Å². The van der Waals surface area contributed by atoms with E-state index in [1.165, 1.54) is 17.1 Å². The lowest BCUT2D eigenvalue weighted by molar-refractivity contribution is -0.138. The van der Waals surface area contributed by atoms with Crippen LogP contribution in [-0.4, -0.2) is 22.7 Å². The molecule has 2 aromatic rings. The van der Waals surface area contributed by atoms with Crippen LogP contribution in [-0.2, 0) is 4.79 Å². The minimum absolute atomic E-state index is 0.204. The van der Waals surface area contributed by atoms with Crippen molar-refractivity contribution in [1.29, 1.82) is 0 Å². The molecule has 122 valence electrons. The zero-order valence-corrected chi connectivity index (χ0v) is 13.6. The van der Waals surface area contributed by atoms with Gasteiger partial charge < -0.3 is 4.74 Å². The number of halogens is 2. The molecule has 4 rings (SSSR count). The van der Waals surface area contributed by atoms with Crippen LogP contribution in [0.5, 0.6) is 5.75 Å². The number of ether oxygens (including phenoxy) is 1. The molecule has 6 heteroatoms. The number of carbonyl (C=O) groups is 1. The number of nitrogens with zero attached hydrogens (tertiary/aromatic N) is 2. The highest BCUT2D eigenvalue weighted by molar-refractivity contribution is 6.30. The first-order valence-electron chi connectivity index (χ1n) is 7.65. The van der Waals surface area contributed by atoms with Crippen molar-refractivity contribution in [3.05, 3.63) is 64.4 Å². The van der Waals surface area contributed by atoms with Crippen LogP contribution in [0.3, 0.4) is 0 Å². The van der Waals surface area contributed by atoms with Crippen LogP contribution in [0.1, 0.15) is 30.5 Å². The van der Waals surface area contributed by atoms with Gasteiger partial charge in [-0.3, -0.25) is 4.79 Å². The molecule has 0 saturated carbocycles. The molecule has 0 N–H and O–H groups in total. The van der Waals surface area contributed by atoms with E-state index in [-0.39, 0.29) is 17.8 Å². The van der Waals surface area contributed by atoms with Gasteiger partial charge in [0.15, 0.2) is 6.10 Å². The van der Waals surface area contributed by atoms with Crippen LogP contribution >= 0.6 is 11.6 Å². The highest BCUT2D eigenvalue weighted by atomic mass is 35.5. The summed E-state index contributed by atoms with van der Waals surface area (Å²) >= 11 is 6.13. The van der Waals surface area contributed by atoms with Crippen molar-refractivity contribution in [2.24, 2.45) is 5.10 Å². The molecule has 2 heterocycles. The van der Waals surface area contributed by atoms with E-state index in [0.717, 1.165) is 16.8 Å². The number of hydrogen-bond acceptors (Lipinski definition) is 3. The van der Waals surface area contributed by atoms with Crippen molar-refractivity contribution in [2.75, 3.05) is 0 Å². The lowest BCUT2D eigenvalue weighted by atomic mass is 9.98. The third-order valence-electron chi connectivity index (χ3n) is 4.30. The third-order valence-corrected chi connectivity index (χ3v) is 4.53. The predicted molar refractivity (Wildman–Crippen MR) is 88.7 cm³/mol. The molecule has 0 saturated heterocycles. The summed E-state index contributed by atoms with van der Waals surface area (Å²) in [4.78, 5) is 12.6. The summed E-state index contributed by atoms with van der Waals surface area (Å²) < 4.78 is 18.9. The number of benzene rings is 2. The van der Waals surface area contributed by atoms with Gasteiger partial charge in [0, 0.05) is 17.0 Å². The Kier molecular flexibility index (Phi) is 3.53. The first kappa shape index (κ1) is 15.1. The molecule has 0 spiro atoms. The van der Waals surface area contributed by atoms with E-state index in [1.54, 1.807) is 31.2 Å². The van der Waals surface area contributed by atoms with Gasteiger partial charge in [-0.15, -0.1) is 0 Å². The van der Waals surface area contributed by atoms with Crippen LogP contribution in [0, 0.1) is 5.82 Å². The molecule has 0 aliphatic carbocycles. The molecule has 2 unspecified atom stereocenters. The number of hydrazone groups is 1. The Labute approximate surface area is 143 Å². The lowest BCUT2D eigenvalue weighted by Gasteiger charge is -2.19. The van der Waals surface area contributed by atoms with Gasteiger partial charge >= 0.3 is 0 Å². The van der Waals surface area contributed by atoms with E-state index >= 15 is 0 Å². The standard InChI is InChI=1S/C18H14ClFN2O2/c1-10-18(23)22-16(14-8-12(19)4-7-17(14)24-10)9-15(21-22)11-2-5-13(20)6-3-11/h2-8,10,16H,9H2,1H3. The number of amides is 1. The molecule has 0 radical (unpaired) electrons. The van der Waals surface area contributed by atoms with Gasteiger partial charge in [0.25, 0.3) is 5.91 Å². The molecular formula is C18H14ClFN2O2. The molecule has 0 fully saturated rings. The maximum atomic E-state index is 13.1. The Morgan fingerprint density at radius 3 is 2.75 bits per heavy atom. The molecular weight excluding hydrogens is 331 g/mol. The third kappa shape index (κ3) is 2.45. The fourth-order valence-corrected chi connectivity index (χ4v) is 3.27. The van der Waals surface area contributed by atoms with E-state index in [0.29, 0.717) is 17.2 Å². The first-order chi connectivity index (χ1) is 11.5. The Balaban J connectivity index is 1.78. The van der Waals surface area contributed by atoms with Gasteiger partial charge in [0.1, 0.15) is 11.6 Å². The van der Waals surface area contributed by atoms with E-state index in [1.807, 2.05) is 6.07 Å². The normalized spacial score (nSPS) is 22.4. The monoisotopic (exact) mass is 344 g/mol. The van der Waals surface area contributed by atoms with Crippen molar-refractivity contribution in [3.8, 4) is 5.75 Å². The molecule has 0 aromatic heterocycles. The zero-order chi connectivity index (χ0) is 16.8. The van der Waals surface area contributed by atoms with Crippen LogP contribution in [0.25, 0.3) is 0 Å². The lowest BCUT2D eigenvalue weighted by Crippen LogP contribution is -2.34. The first-order valence-corrected chi connectivity index (χ1v) is 8.03. The maximum Gasteiger partial charge on any atom is 0.283 e. The number of carbonyl (C=O) groups excluding carboxylic acids is 1. The van der Waals surface area contributed by atoms with Crippen LogP contribution in [0.2, 0.25) is 5.02 Å². The Morgan fingerprint density at radius 2 is 2.00 bits per heavy atom. The topological polar surface area (TPSA) is 41.9 Å². The van der Waals surface area contributed by atoms with E-state index in [9.17, 15) is 9.18 Å². The molecule has 0 bridgehead atoms. The molecule has 2 aromatic carbocycles. The summed E-state index contributed by atoms with van der Waals surface area (Å²) in [5.41, 5.74) is 2.38. The molecule has 4 nitrogen and oxygen atoms in total. The largest absolute Gasteiger partial charge is 0.480 e. The average molecular weight is 345 g/mol. The summed E-state index contributed by atoms with van der Waals surface area (Å²) in [7, 11) is 0. The zero-order valence-electron chi connectivity index (χ0n) is 12.9. The summed E-state index contributed by atoms with van der Waals surface area (Å²) in [6, 6.07) is 11.2. The summed E-state index contributed by atoms with van der Waals surface area (Å²) in [6.07, 6.45) is -0.105. The fourth-order valence-electron chi connectivity index (χ4n) is 3.09. The number of hydrogen-bond donors (Lipinski definition) is 0. The van der Waals surface area contributed by atoms with Gasteiger partial charge in [-0.2, -0.15) is 5.10 Å². The smallest absolute Gasteiger partial charge is 0.283 e. The highest BCUT2D eigenvalue weighted by Crippen LogP contribution is 2.41. The van der Waals surface area contributed by atoms with Gasteiger partial charge in [-0.25, -0.2) is 9.40 Å². The van der Waals surface area contributed by atoms with E-state index in [4.69, 9.17) is 16.3 Å². The second-order valence-electron chi connectivity index (χ2n) is 5.90. The minimum Gasteiger partial charge on any atom is -0.480 e. The van der Waals surface area contributed by atoms with Crippen molar-refractivity contribution in [1.82, 2.24) is 5.01 Å². The summed E-state index contributed by atoms with van der Waals surface area (Å²) in [5.74, 6) is 0.134. The maximum absolute atomic E-state index is 13.1. The van der Waals surface area contributed by atoms with Crippen LogP contribution < -0.4 is 4.74 Å². The predicted octanol–water partition coefficient (Wildman–Crippen LogP) is 3.94. The average Bonchev–Trinajstić information content (AvgIpc) is 2.98. The van der Waals surface area contributed by atoms with Crippen LogP contribution in [0.4, 0.5) is 4.39 Å². The Hall–Kier alpha value is -2.40. The SMILES string of the molecule is CC1Oc2ccc(Cl)cc2C2CC(c3ccc(F)cc3)=NN2C1=O. The van der Waals surface area contributed by atoms with E-state index < -0.39 is 6.10 Å². The quantitative estimate of drug-likeness (QED) is 0.786. The molecule has 2 atom stereocenters. The number of rotatable bonds is 1. The van der Waals surface area contributed by atoms with Crippen molar-refractivity contribution < 1.29 is 13.9 Å². The minimum atomic E-state index is -0.633. The van der Waals surface area contributed by atoms with Gasteiger partial charge in [-0.1, -0.05) is 23.7 Å². The molecule has 24 heavy (non-hydrogen) atoms. The Morgan fingerprint density at radius 1 is 1.25 bits per heavy atom. The summed E-state index contributed by atoms with van der Waals surface area (Å²) in [6.45, 7) is 1.70. The second-order valence-corrected chi connectivity index (χ2v) is 6.33. The fraction of sp³-hybridized carbons (Fsp3) is 0.222. The molecule has 1 amide bonds. The van der Waals surface area contributed by atoms with E-state index in [2.05, 4.69) is 5.10 Å². The number of fused-ring (bicyclic) bond motifs is 3. The molecule has 2 aliphatic rings. The van der Waals surface area contributed by atoms with Gasteiger partial charge in [-0.05, 0) is 42.8 Å².